The highest BCUT2D eigenvalue weighted by Crippen LogP contribution is 2.07. The quantitative estimate of drug-likeness (QED) is 0.742. The highest BCUT2D eigenvalue weighted by Gasteiger charge is 2.21. The summed E-state index contributed by atoms with van der Waals surface area (Å²) in [5.74, 6) is 0. The molecule has 1 unspecified atom stereocenters. The van der Waals surface area contributed by atoms with Gasteiger partial charge >= 0.3 is 0 Å². The molecule has 2 aliphatic rings. The second-order valence-electron chi connectivity index (χ2n) is 5.37. The highest BCUT2D eigenvalue weighted by molar-refractivity contribution is 4.79. The molecule has 4 heteroatoms. The number of hydrogen-bond acceptors (Lipinski definition) is 4. The molecule has 4 nitrogen and oxygen atoms in total. The van der Waals surface area contributed by atoms with Gasteiger partial charge in [-0.2, -0.15) is 0 Å². The Bertz CT molecular complexity index is 207. The van der Waals surface area contributed by atoms with Crippen LogP contribution in [0.3, 0.4) is 0 Å². The summed E-state index contributed by atoms with van der Waals surface area (Å²) >= 11 is 0. The zero-order chi connectivity index (χ0) is 12.1. The lowest BCUT2D eigenvalue weighted by Crippen LogP contribution is -2.54. The third kappa shape index (κ3) is 3.91. The number of piperazine rings is 2. The van der Waals surface area contributed by atoms with Gasteiger partial charge in [-0.25, -0.2) is 0 Å². The van der Waals surface area contributed by atoms with Crippen molar-refractivity contribution in [1.29, 1.82) is 0 Å². The molecule has 0 aromatic rings. The van der Waals surface area contributed by atoms with Crippen LogP contribution in [0.4, 0.5) is 0 Å². The van der Waals surface area contributed by atoms with E-state index in [2.05, 4.69) is 33.9 Å². The van der Waals surface area contributed by atoms with E-state index < -0.39 is 0 Å². The summed E-state index contributed by atoms with van der Waals surface area (Å²) in [5, 5.41) is 3.42. The van der Waals surface area contributed by atoms with Crippen molar-refractivity contribution in [3.05, 3.63) is 0 Å². The lowest BCUT2D eigenvalue weighted by atomic mass is 10.2. The molecule has 2 fully saturated rings. The average Bonchev–Trinajstić information content (AvgIpc) is 2.40. The van der Waals surface area contributed by atoms with E-state index in [1.807, 2.05) is 0 Å². The minimum atomic E-state index is 0.713. The summed E-state index contributed by atoms with van der Waals surface area (Å²) in [4.78, 5) is 7.81. The molecule has 0 spiro atoms. The van der Waals surface area contributed by atoms with E-state index in [1.165, 1.54) is 52.4 Å². The van der Waals surface area contributed by atoms with E-state index in [1.54, 1.807) is 0 Å². The first-order valence-electron chi connectivity index (χ1n) is 7.19. The molecule has 2 aliphatic heterocycles. The summed E-state index contributed by atoms with van der Waals surface area (Å²) in [6.45, 7) is 16.9. The second-order valence-corrected chi connectivity index (χ2v) is 5.37. The number of likely N-dealkylation sites (N-methyl/N-ethyl adjacent to an activating group) is 1. The van der Waals surface area contributed by atoms with E-state index in [0.29, 0.717) is 6.04 Å². The molecule has 0 aromatic carbocycles. The van der Waals surface area contributed by atoms with Gasteiger partial charge in [0.05, 0.1) is 0 Å². The van der Waals surface area contributed by atoms with E-state index in [-0.39, 0.29) is 0 Å². The molecule has 0 bridgehead atoms. The van der Waals surface area contributed by atoms with Crippen LogP contribution in [0.15, 0.2) is 0 Å². The van der Waals surface area contributed by atoms with Crippen molar-refractivity contribution >= 4 is 0 Å². The molecule has 0 amide bonds. The lowest BCUT2D eigenvalue weighted by Gasteiger charge is -2.39. The predicted octanol–water partition coefficient (Wildman–Crippen LogP) is -0.0824. The van der Waals surface area contributed by atoms with Crippen molar-refractivity contribution in [2.45, 2.75) is 19.9 Å². The smallest absolute Gasteiger partial charge is 0.0195 e. The Morgan fingerprint density at radius 3 is 2.12 bits per heavy atom. The van der Waals surface area contributed by atoms with Gasteiger partial charge in [0.15, 0.2) is 0 Å². The van der Waals surface area contributed by atoms with Crippen LogP contribution < -0.4 is 5.32 Å². The van der Waals surface area contributed by atoms with Crippen molar-refractivity contribution in [1.82, 2.24) is 20.0 Å². The summed E-state index contributed by atoms with van der Waals surface area (Å²) in [5.41, 5.74) is 0. The summed E-state index contributed by atoms with van der Waals surface area (Å²) in [7, 11) is 0. The van der Waals surface area contributed by atoms with Gasteiger partial charge in [-0.05, 0) is 13.5 Å². The number of nitrogens with one attached hydrogen (secondary N) is 1. The number of rotatable bonds is 4. The first-order chi connectivity index (χ1) is 8.29. The number of hydrogen-bond donors (Lipinski definition) is 1. The van der Waals surface area contributed by atoms with Gasteiger partial charge in [0, 0.05) is 64.9 Å². The summed E-state index contributed by atoms with van der Waals surface area (Å²) in [6, 6.07) is 0.713. The van der Waals surface area contributed by atoms with Gasteiger partial charge in [-0.15, -0.1) is 0 Å². The largest absolute Gasteiger partial charge is 0.314 e. The van der Waals surface area contributed by atoms with Crippen molar-refractivity contribution in [2.24, 2.45) is 0 Å². The third-order valence-corrected chi connectivity index (χ3v) is 4.21. The molecule has 0 aromatic heterocycles. The first kappa shape index (κ1) is 13.3. The van der Waals surface area contributed by atoms with Gasteiger partial charge < -0.3 is 10.2 Å². The third-order valence-electron chi connectivity index (χ3n) is 4.21. The first-order valence-corrected chi connectivity index (χ1v) is 7.19. The maximum Gasteiger partial charge on any atom is 0.0195 e. The maximum absolute atomic E-state index is 3.42. The molecule has 1 N–H and O–H groups in total. The lowest BCUT2D eigenvalue weighted by molar-refractivity contribution is 0.0921. The molecule has 17 heavy (non-hydrogen) atoms. The number of nitrogens with zero attached hydrogens (tertiary/aromatic N) is 3. The van der Waals surface area contributed by atoms with Gasteiger partial charge in [-0.1, -0.05) is 6.92 Å². The molecule has 100 valence electrons. The van der Waals surface area contributed by atoms with Gasteiger partial charge in [0.25, 0.3) is 0 Å². The molecular weight excluding hydrogens is 212 g/mol. The van der Waals surface area contributed by atoms with Crippen LogP contribution in [0.2, 0.25) is 0 Å². The Morgan fingerprint density at radius 2 is 1.53 bits per heavy atom. The molecular formula is C13H28N4. The van der Waals surface area contributed by atoms with Gasteiger partial charge in [0.2, 0.25) is 0 Å². The van der Waals surface area contributed by atoms with E-state index >= 15 is 0 Å². The summed E-state index contributed by atoms with van der Waals surface area (Å²) < 4.78 is 0. The molecule has 1 atom stereocenters. The maximum atomic E-state index is 3.42. The van der Waals surface area contributed by atoms with Crippen LogP contribution in [-0.4, -0.2) is 86.2 Å². The Morgan fingerprint density at radius 1 is 0.941 bits per heavy atom. The molecule has 2 rings (SSSR count). The van der Waals surface area contributed by atoms with E-state index in [9.17, 15) is 0 Å². The fraction of sp³-hybridized carbons (Fsp3) is 1.00. The van der Waals surface area contributed by atoms with Crippen molar-refractivity contribution in [2.75, 3.05) is 65.4 Å². The minimum Gasteiger partial charge on any atom is -0.314 e. The Balaban J connectivity index is 1.69. The molecule has 0 saturated carbocycles. The average molecular weight is 240 g/mol. The van der Waals surface area contributed by atoms with E-state index in [4.69, 9.17) is 0 Å². The fourth-order valence-electron chi connectivity index (χ4n) is 2.90. The zero-order valence-corrected chi connectivity index (χ0v) is 11.5. The molecule has 0 radical (unpaired) electrons. The van der Waals surface area contributed by atoms with Crippen LogP contribution in [-0.2, 0) is 0 Å². The fourth-order valence-corrected chi connectivity index (χ4v) is 2.90. The monoisotopic (exact) mass is 240 g/mol. The topological polar surface area (TPSA) is 21.8 Å². The molecule has 2 heterocycles. The van der Waals surface area contributed by atoms with Gasteiger partial charge in [-0.3, -0.25) is 9.80 Å². The van der Waals surface area contributed by atoms with Crippen LogP contribution in [0, 0.1) is 0 Å². The Kier molecular flexibility index (Phi) is 5.22. The van der Waals surface area contributed by atoms with Crippen molar-refractivity contribution < 1.29 is 0 Å². The standard InChI is InChI=1S/C13H28N4/c1-3-15-8-10-16(11-9-15)12-13(2)17-6-4-14-5-7-17/h13-14H,3-12H2,1-2H3. The van der Waals surface area contributed by atoms with Gasteiger partial charge in [0.1, 0.15) is 0 Å². The molecule has 0 aliphatic carbocycles. The predicted molar refractivity (Wildman–Crippen MR) is 72.5 cm³/mol. The normalized spacial score (nSPS) is 27.2. The van der Waals surface area contributed by atoms with Crippen LogP contribution >= 0.6 is 0 Å². The summed E-state index contributed by atoms with van der Waals surface area (Å²) in [6.07, 6.45) is 0. The SMILES string of the molecule is CCN1CCN(CC(C)N2CCNCC2)CC1. The minimum absolute atomic E-state index is 0.713. The Hall–Kier alpha value is -0.160. The van der Waals surface area contributed by atoms with Crippen LogP contribution in [0.5, 0.6) is 0 Å². The Labute approximate surface area is 106 Å². The van der Waals surface area contributed by atoms with Crippen LogP contribution in [0.25, 0.3) is 0 Å². The zero-order valence-electron chi connectivity index (χ0n) is 11.5. The second kappa shape index (κ2) is 6.69. The van der Waals surface area contributed by atoms with Crippen LogP contribution in [0.1, 0.15) is 13.8 Å². The highest BCUT2D eigenvalue weighted by atomic mass is 15.3. The van der Waals surface area contributed by atoms with Crippen molar-refractivity contribution in [3.63, 3.8) is 0 Å². The van der Waals surface area contributed by atoms with E-state index in [0.717, 1.165) is 13.1 Å². The molecule has 2 saturated heterocycles. The van der Waals surface area contributed by atoms with Crippen molar-refractivity contribution in [3.8, 4) is 0 Å².